The summed E-state index contributed by atoms with van der Waals surface area (Å²) in [5.74, 6) is 0.511. The molecule has 0 aliphatic carbocycles. The first-order valence-electron chi connectivity index (χ1n) is 11.3. The van der Waals surface area contributed by atoms with Gasteiger partial charge in [-0.3, -0.25) is 9.78 Å². The summed E-state index contributed by atoms with van der Waals surface area (Å²) < 4.78 is 40.3. The first kappa shape index (κ1) is 23.6. The summed E-state index contributed by atoms with van der Waals surface area (Å²) in [7, 11) is 0. The third-order valence-corrected chi connectivity index (χ3v) is 7.22. The molecule has 5 heterocycles. The maximum Gasteiger partial charge on any atom is 0.434 e. The van der Waals surface area contributed by atoms with E-state index in [9.17, 15) is 18.0 Å². The first-order valence-corrected chi connectivity index (χ1v) is 11.6. The van der Waals surface area contributed by atoms with Gasteiger partial charge in [-0.25, -0.2) is 19.9 Å². The van der Waals surface area contributed by atoms with Gasteiger partial charge in [0.05, 0.1) is 22.3 Å². The summed E-state index contributed by atoms with van der Waals surface area (Å²) >= 11 is 6.10. The van der Waals surface area contributed by atoms with Crippen LogP contribution < -0.4 is 0 Å². The van der Waals surface area contributed by atoms with Gasteiger partial charge in [-0.2, -0.15) is 13.2 Å². The molecule has 11 heteroatoms. The molecule has 5 rings (SSSR count). The van der Waals surface area contributed by atoms with Crippen LogP contribution in [0.25, 0.3) is 11.5 Å². The minimum absolute atomic E-state index is 0.00536. The highest BCUT2D eigenvalue weighted by Gasteiger charge is 2.49. The molecule has 3 aromatic rings. The first-order chi connectivity index (χ1) is 16.6. The molecule has 0 saturated carbocycles. The second-order valence-corrected chi connectivity index (χ2v) is 9.57. The number of carbonyl (C=O) groups is 1. The predicted molar refractivity (Wildman–Crippen MR) is 121 cm³/mol. The Morgan fingerprint density at radius 2 is 1.80 bits per heavy atom. The molecule has 7 nitrogen and oxygen atoms in total. The standard InChI is InChI=1S/C24H22ClF3N6O/c1-11-9-12(2)20-18-15(19(33-13(3)32-18)22-30-6-4-7-31-22)10-16(11)34(20)23(35)14-5-8-29-21(17(14)25)24(26,27)28/h4-8,11-12,16,20H,9-10H2,1-3H3/t11-,12+,16+,20+/m0/s1. The van der Waals surface area contributed by atoms with Crippen molar-refractivity contribution in [2.45, 2.75) is 51.9 Å². The average molecular weight is 503 g/mol. The van der Waals surface area contributed by atoms with Crippen molar-refractivity contribution in [3.8, 4) is 11.5 Å². The van der Waals surface area contributed by atoms with E-state index in [0.29, 0.717) is 29.5 Å². The number of hydrogen-bond acceptors (Lipinski definition) is 6. The summed E-state index contributed by atoms with van der Waals surface area (Å²) in [5, 5.41) is -0.689. The van der Waals surface area contributed by atoms with Crippen molar-refractivity contribution in [3.63, 3.8) is 0 Å². The molecule has 2 bridgehead atoms. The van der Waals surface area contributed by atoms with E-state index in [-0.39, 0.29) is 23.4 Å². The van der Waals surface area contributed by atoms with Crippen LogP contribution >= 0.6 is 11.6 Å². The maximum atomic E-state index is 13.8. The van der Waals surface area contributed by atoms with E-state index in [1.807, 2.05) is 13.8 Å². The molecule has 1 fully saturated rings. The van der Waals surface area contributed by atoms with Crippen LogP contribution in [-0.2, 0) is 12.6 Å². The Bertz CT molecular complexity index is 1300. The highest BCUT2D eigenvalue weighted by Crippen LogP contribution is 2.49. The van der Waals surface area contributed by atoms with Crippen LogP contribution in [0.15, 0.2) is 30.7 Å². The Morgan fingerprint density at radius 3 is 2.49 bits per heavy atom. The SMILES string of the molecule is Cc1nc(-c2ncccn2)c2c(n1)[C@H]1[C@H](C)C[C@H](C)[C@@H](C2)N1C(=O)c1ccnc(C(F)(F)F)c1Cl. The monoisotopic (exact) mass is 502 g/mol. The second kappa shape index (κ2) is 8.51. The molecule has 1 amide bonds. The number of hydrogen-bond donors (Lipinski definition) is 0. The van der Waals surface area contributed by atoms with Crippen LogP contribution in [0.1, 0.15) is 59.4 Å². The number of piperidine rings is 1. The zero-order chi connectivity index (χ0) is 25.1. The quantitative estimate of drug-likeness (QED) is 0.485. The van der Waals surface area contributed by atoms with Gasteiger partial charge in [0.25, 0.3) is 5.91 Å². The number of alkyl halides is 3. The van der Waals surface area contributed by atoms with E-state index in [1.165, 1.54) is 6.07 Å². The Labute approximate surface area is 204 Å². The van der Waals surface area contributed by atoms with Crippen LogP contribution in [0.5, 0.6) is 0 Å². The molecule has 35 heavy (non-hydrogen) atoms. The van der Waals surface area contributed by atoms with Crippen LogP contribution in [-0.4, -0.2) is 41.8 Å². The zero-order valence-electron chi connectivity index (χ0n) is 19.2. The van der Waals surface area contributed by atoms with E-state index >= 15 is 0 Å². The molecule has 2 aliphatic heterocycles. The third kappa shape index (κ3) is 3.93. The van der Waals surface area contributed by atoms with Gasteiger partial charge in [0.2, 0.25) is 0 Å². The normalized spacial score (nSPS) is 23.7. The summed E-state index contributed by atoms with van der Waals surface area (Å²) in [6.45, 7) is 5.83. The van der Waals surface area contributed by atoms with Gasteiger partial charge in [-0.15, -0.1) is 0 Å². The molecule has 1 saturated heterocycles. The molecule has 182 valence electrons. The van der Waals surface area contributed by atoms with Crippen molar-refractivity contribution in [3.05, 3.63) is 64.1 Å². The molecule has 4 atom stereocenters. The van der Waals surface area contributed by atoms with Crippen molar-refractivity contribution < 1.29 is 18.0 Å². The zero-order valence-corrected chi connectivity index (χ0v) is 20.0. The van der Waals surface area contributed by atoms with Crippen molar-refractivity contribution in [2.75, 3.05) is 0 Å². The summed E-state index contributed by atoms with van der Waals surface area (Å²) in [5.41, 5.74) is 0.695. The maximum absolute atomic E-state index is 13.8. The Hall–Kier alpha value is -3.14. The highest BCUT2D eigenvalue weighted by atomic mass is 35.5. The van der Waals surface area contributed by atoms with E-state index in [4.69, 9.17) is 16.6 Å². The summed E-state index contributed by atoms with van der Waals surface area (Å²) in [4.78, 5) is 36.9. The molecule has 0 radical (unpaired) electrons. The van der Waals surface area contributed by atoms with E-state index in [2.05, 4.69) is 19.9 Å². The lowest BCUT2D eigenvalue weighted by Crippen LogP contribution is -2.56. The van der Waals surface area contributed by atoms with Crippen molar-refractivity contribution >= 4 is 17.5 Å². The van der Waals surface area contributed by atoms with Gasteiger partial charge < -0.3 is 4.90 Å². The second-order valence-electron chi connectivity index (χ2n) is 9.19. The fourth-order valence-corrected chi connectivity index (χ4v) is 5.73. The highest BCUT2D eigenvalue weighted by molar-refractivity contribution is 6.34. The number of aryl methyl sites for hydroxylation is 1. The molecule has 0 aromatic carbocycles. The number of carbonyl (C=O) groups excluding carboxylic acids is 1. The van der Waals surface area contributed by atoms with Gasteiger partial charge in [-0.1, -0.05) is 25.4 Å². The largest absolute Gasteiger partial charge is 0.434 e. The van der Waals surface area contributed by atoms with Gasteiger partial charge >= 0.3 is 6.18 Å². The molecule has 0 spiro atoms. The predicted octanol–water partition coefficient (Wildman–Crippen LogP) is 5.09. The lowest BCUT2D eigenvalue weighted by atomic mass is 9.71. The van der Waals surface area contributed by atoms with Gasteiger partial charge in [0.1, 0.15) is 11.5 Å². The average Bonchev–Trinajstić information content (AvgIpc) is 2.81. The summed E-state index contributed by atoms with van der Waals surface area (Å²) in [6.07, 6.45) is 0.763. The topological polar surface area (TPSA) is 84.8 Å². The number of rotatable bonds is 2. The van der Waals surface area contributed by atoms with Gasteiger partial charge in [0, 0.05) is 30.2 Å². The van der Waals surface area contributed by atoms with Crippen molar-refractivity contribution in [1.29, 1.82) is 0 Å². The molecule has 0 unspecified atom stereocenters. The number of amides is 1. The van der Waals surface area contributed by atoms with Crippen LogP contribution in [0.2, 0.25) is 5.02 Å². The number of nitrogens with zero attached hydrogens (tertiary/aromatic N) is 6. The Morgan fingerprint density at radius 1 is 1.09 bits per heavy atom. The fraction of sp³-hybridized carbons (Fsp3) is 0.417. The number of pyridine rings is 1. The van der Waals surface area contributed by atoms with Crippen LogP contribution in [0, 0.1) is 18.8 Å². The van der Waals surface area contributed by atoms with E-state index in [0.717, 1.165) is 18.2 Å². The molecular formula is C24H22ClF3N6O. The van der Waals surface area contributed by atoms with Crippen LogP contribution in [0.3, 0.4) is 0 Å². The number of fused-ring (bicyclic) bond motifs is 4. The smallest absolute Gasteiger partial charge is 0.326 e. The van der Waals surface area contributed by atoms with Crippen molar-refractivity contribution in [2.24, 2.45) is 11.8 Å². The van der Waals surface area contributed by atoms with Crippen LogP contribution in [0.4, 0.5) is 13.2 Å². The fourth-order valence-electron chi connectivity index (χ4n) is 5.43. The number of halogens is 4. The lowest BCUT2D eigenvalue weighted by molar-refractivity contribution is -0.141. The Kier molecular flexibility index (Phi) is 5.74. The Balaban J connectivity index is 1.66. The molecular weight excluding hydrogens is 481 g/mol. The van der Waals surface area contributed by atoms with E-state index < -0.39 is 28.8 Å². The molecule has 3 aromatic heterocycles. The third-order valence-electron chi connectivity index (χ3n) is 6.84. The van der Waals surface area contributed by atoms with E-state index in [1.54, 1.807) is 30.3 Å². The van der Waals surface area contributed by atoms with Gasteiger partial charge in [-0.05, 0) is 43.7 Å². The molecule has 2 aliphatic rings. The minimum Gasteiger partial charge on any atom is -0.326 e. The van der Waals surface area contributed by atoms with Gasteiger partial charge in [0.15, 0.2) is 11.5 Å². The summed E-state index contributed by atoms with van der Waals surface area (Å²) in [6, 6.07) is 2.24. The minimum atomic E-state index is -4.77. The molecule has 0 N–H and O–H groups in total. The van der Waals surface area contributed by atoms with Crippen molar-refractivity contribution in [1.82, 2.24) is 29.8 Å². The lowest BCUT2D eigenvalue weighted by Gasteiger charge is -2.52. The number of aromatic nitrogens is 5.